The third kappa shape index (κ3) is 3.65. The molecule has 2 aliphatic rings. The summed E-state index contributed by atoms with van der Waals surface area (Å²) in [7, 11) is 2.23. The molecule has 0 bridgehead atoms. The molecule has 2 aliphatic heterocycles. The average Bonchev–Trinajstić information content (AvgIpc) is 3.07. The van der Waals surface area contributed by atoms with Crippen LogP contribution in [0.3, 0.4) is 0 Å². The molecule has 2 fully saturated rings. The smallest absolute Gasteiger partial charge is 0.0638 e. The Morgan fingerprint density at radius 2 is 2.14 bits per heavy atom. The molecule has 0 aromatic carbocycles. The molecule has 0 aliphatic carbocycles. The van der Waals surface area contributed by atoms with E-state index in [1.54, 1.807) is 0 Å². The van der Waals surface area contributed by atoms with Gasteiger partial charge in [-0.2, -0.15) is 5.10 Å². The second-order valence-corrected chi connectivity index (χ2v) is 6.47. The van der Waals surface area contributed by atoms with Crippen molar-refractivity contribution >= 4 is 0 Å². The van der Waals surface area contributed by atoms with Gasteiger partial charge in [-0.1, -0.05) is 0 Å². The summed E-state index contributed by atoms with van der Waals surface area (Å²) in [5.41, 5.74) is 2.50. The molecule has 1 aromatic rings. The lowest BCUT2D eigenvalue weighted by Crippen LogP contribution is -2.35. The molecule has 118 valence electrons. The predicted octanol–water partition coefficient (Wildman–Crippen LogP) is 1.73. The summed E-state index contributed by atoms with van der Waals surface area (Å²) in [6.07, 6.45) is 7.06. The number of rotatable bonds is 5. The van der Waals surface area contributed by atoms with E-state index in [-0.39, 0.29) is 0 Å². The van der Waals surface area contributed by atoms with Crippen LogP contribution in [0.2, 0.25) is 0 Å². The topological polar surface area (TPSA) is 42.3 Å². The van der Waals surface area contributed by atoms with Crippen LogP contribution in [-0.4, -0.2) is 54.1 Å². The van der Waals surface area contributed by atoms with Crippen LogP contribution in [-0.2, 0) is 11.3 Å². The first-order valence-electron chi connectivity index (χ1n) is 8.27. The SMILES string of the molecule is Cc1nn(C2CCOCC2)cc1CNC[C@H]1CCCN1C. The highest BCUT2D eigenvalue weighted by molar-refractivity contribution is 5.15. The van der Waals surface area contributed by atoms with Gasteiger partial charge < -0.3 is 15.0 Å². The molecule has 0 saturated carbocycles. The van der Waals surface area contributed by atoms with Crippen LogP contribution in [0.4, 0.5) is 0 Å². The Balaban J connectivity index is 1.52. The molecule has 0 amide bonds. The fourth-order valence-corrected chi connectivity index (χ4v) is 3.44. The van der Waals surface area contributed by atoms with Gasteiger partial charge in [-0.05, 0) is 46.2 Å². The normalized spacial score (nSPS) is 24.8. The molecule has 1 atom stereocenters. The maximum Gasteiger partial charge on any atom is 0.0638 e. The number of nitrogens with one attached hydrogen (secondary N) is 1. The van der Waals surface area contributed by atoms with Gasteiger partial charge in [-0.15, -0.1) is 0 Å². The maximum absolute atomic E-state index is 5.43. The third-order valence-electron chi connectivity index (χ3n) is 4.95. The lowest BCUT2D eigenvalue weighted by Gasteiger charge is -2.22. The lowest BCUT2D eigenvalue weighted by atomic mass is 10.1. The second-order valence-electron chi connectivity index (χ2n) is 6.47. The molecule has 0 radical (unpaired) electrons. The molecule has 3 heterocycles. The molecule has 0 spiro atoms. The zero-order valence-corrected chi connectivity index (χ0v) is 13.3. The van der Waals surface area contributed by atoms with Gasteiger partial charge in [0, 0.05) is 44.1 Å². The van der Waals surface area contributed by atoms with Crippen molar-refractivity contribution in [1.29, 1.82) is 0 Å². The van der Waals surface area contributed by atoms with Crippen LogP contribution in [0.15, 0.2) is 6.20 Å². The van der Waals surface area contributed by atoms with Gasteiger partial charge in [-0.25, -0.2) is 0 Å². The van der Waals surface area contributed by atoms with E-state index in [2.05, 4.69) is 35.1 Å². The summed E-state index contributed by atoms with van der Waals surface area (Å²) >= 11 is 0. The first-order valence-corrected chi connectivity index (χ1v) is 8.27. The highest BCUT2D eigenvalue weighted by Crippen LogP contribution is 2.21. The number of likely N-dealkylation sites (tertiary alicyclic amines) is 1. The molecule has 5 nitrogen and oxygen atoms in total. The van der Waals surface area contributed by atoms with E-state index >= 15 is 0 Å². The number of hydrogen-bond donors (Lipinski definition) is 1. The Bertz CT molecular complexity index is 453. The Morgan fingerprint density at radius 1 is 1.33 bits per heavy atom. The highest BCUT2D eigenvalue weighted by Gasteiger charge is 2.21. The number of hydrogen-bond acceptors (Lipinski definition) is 4. The maximum atomic E-state index is 5.43. The molecule has 1 N–H and O–H groups in total. The molecule has 0 unspecified atom stereocenters. The minimum absolute atomic E-state index is 0.521. The second kappa shape index (κ2) is 6.90. The van der Waals surface area contributed by atoms with E-state index in [1.165, 1.54) is 24.9 Å². The van der Waals surface area contributed by atoms with E-state index < -0.39 is 0 Å². The number of ether oxygens (including phenoxy) is 1. The van der Waals surface area contributed by atoms with Crippen LogP contribution < -0.4 is 5.32 Å². The fourth-order valence-electron chi connectivity index (χ4n) is 3.44. The molecule has 5 heteroatoms. The van der Waals surface area contributed by atoms with Crippen molar-refractivity contribution in [2.75, 3.05) is 33.4 Å². The van der Waals surface area contributed by atoms with Crippen molar-refractivity contribution in [3.05, 3.63) is 17.5 Å². The Kier molecular flexibility index (Phi) is 4.93. The zero-order chi connectivity index (χ0) is 14.7. The largest absolute Gasteiger partial charge is 0.381 e. The number of likely N-dealkylation sites (N-methyl/N-ethyl adjacent to an activating group) is 1. The van der Waals surface area contributed by atoms with Crippen LogP contribution >= 0.6 is 0 Å². The van der Waals surface area contributed by atoms with Gasteiger partial charge in [0.1, 0.15) is 0 Å². The number of aryl methyl sites for hydroxylation is 1. The summed E-state index contributed by atoms with van der Waals surface area (Å²) in [4.78, 5) is 2.46. The lowest BCUT2D eigenvalue weighted by molar-refractivity contribution is 0.0661. The molecule has 21 heavy (non-hydrogen) atoms. The summed E-state index contributed by atoms with van der Waals surface area (Å²) in [5, 5.41) is 8.32. The minimum Gasteiger partial charge on any atom is -0.381 e. The first-order chi connectivity index (χ1) is 10.2. The quantitative estimate of drug-likeness (QED) is 0.897. The summed E-state index contributed by atoms with van der Waals surface area (Å²) in [6.45, 7) is 7.11. The van der Waals surface area contributed by atoms with Gasteiger partial charge in [0.2, 0.25) is 0 Å². The van der Waals surface area contributed by atoms with Gasteiger partial charge in [0.15, 0.2) is 0 Å². The van der Waals surface area contributed by atoms with Crippen molar-refractivity contribution in [3.8, 4) is 0 Å². The van der Waals surface area contributed by atoms with E-state index in [0.29, 0.717) is 12.1 Å². The van der Waals surface area contributed by atoms with Gasteiger partial charge in [0.25, 0.3) is 0 Å². The van der Waals surface area contributed by atoms with Crippen molar-refractivity contribution in [3.63, 3.8) is 0 Å². The standard InChI is InChI=1S/C16H28N4O/c1-13-14(10-17-11-16-4-3-7-19(16)2)12-20(18-13)15-5-8-21-9-6-15/h12,15-17H,3-11H2,1-2H3/t16-/m1/s1. The molecule has 3 rings (SSSR count). The van der Waals surface area contributed by atoms with E-state index in [4.69, 9.17) is 9.84 Å². The molecular formula is C16H28N4O. The minimum atomic E-state index is 0.521. The fraction of sp³-hybridized carbons (Fsp3) is 0.812. The highest BCUT2D eigenvalue weighted by atomic mass is 16.5. The van der Waals surface area contributed by atoms with E-state index in [0.717, 1.165) is 44.8 Å². The third-order valence-corrected chi connectivity index (χ3v) is 4.95. The summed E-state index contributed by atoms with van der Waals surface area (Å²) in [6, 6.07) is 1.23. The van der Waals surface area contributed by atoms with Crippen molar-refractivity contribution in [2.45, 2.75) is 51.2 Å². The van der Waals surface area contributed by atoms with E-state index in [1.807, 2.05) is 0 Å². The first kappa shape index (κ1) is 15.0. The molecular weight excluding hydrogens is 264 g/mol. The van der Waals surface area contributed by atoms with Crippen molar-refractivity contribution < 1.29 is 4.74 Å². The average molecular weight is 292 g/mol. The Labute approximate surface area is 127 Å². The Hall–Kier alpha value is -0.910. The summed E-state index contributed by atoms with van der Waals surface area (Å²) < 4.78 is 7.60. The summed E-state index contributed by atoms with van der Waals surface area (Å²) in [5.74, 6) is 0. The molecule has 1 aromatic heterocycles. The zero-order valence-electron chi connectivity index (χ0n) is 13.3. The van der Waals surface area contributed by atoms with Crippen LogP contribution in [0.25, 0.3) is 0 Å². The molecule has 2 saturated heterocycles. The van der Waals surface area contributed by atoms with Crippen LogP contribution in [0.5, 0.6) is 0 Å². The van der Waals surface area contributed by atoms with Gasteiger partial charge in [-0.3, -0.25) is 4.68 Å². The van der Waals surface area contributed by atoms with Crippen LogP contribution in [0, 0.1) is 6.92 Å². The Morgan fingerprint density at radius 3 is 2.86 bits per heavy atom. The van der Waals surface area contributed by atoms with Crippen molar-refractivity contribution in [1.82, 2.24) is 20.0 Å². The number of nitrogens with zero attached hydrogens (tertiary/aromatic N) is 3. The van der Waals surface area contributed by atoms with Gasteiger partial charge >= 0.3 is 0 Å². The van der Waals surface area contributed by atoms with Crippen LogP contribution in [0.1, 0.15) is 43.0 Å². The predicted molar refractivity (Wildman–Crippen MR) is 83.4 cm³/mol. The monoisotopic (exact) mass is 292 g/mol. The van der Waals surface area contributed by atoms with Gasteiger partial charge in [0.05, 0.1) is 11.7 Å². The van der Waals surface area contributed by atoms with Crippen molar-refractivity contribution in [2.24, 2.45) is 0 Å². The number of aromatic nitrogens is 2. The van der Waals surface area contributed by atoms with E-state index in [9.17, 15) is 0 Å².